The Labute approximate surface area is 109 Å². The molecular weight excluding hydrogens is 254 g/mol. The SMILES string of the molecule is CC(C)(C)OC(=O)N[C@@H](C(N)=NO)c1cccs1. The van der Waals surface area contributed by atoms with Crippen molar-refractivity contribution in [1.82, 2.24) is 5.32 Å². The van der Waals surface area contributed by atoms with E-state index in [2.05, 4.69) is 10.5 Å². The summed E-state index contributed by atoms with van der Waals surface area (Å²) in [6, 6.07) is 2.91. The van der Waals surface area contributed by atoms with Crippen LogP contribution in [0.2, 0.25) is 0 Å². The maximum Gasteiger partial charge on any atom is 0.408 e. The molecule has 0 saturated heterocycles. The molecule has 0 fully saturated rings. The van der Waals surface area contributed by atoms with Gasteiger partial charge in [-0.1, -0.05) is 11.2 Å². The van der Waals surface area contributed by atoms with Gasteiger partial charge in [0.05, 0.1) is 0 Å². The van der Waals surface area contributed by atoms with E-state index in [1.807, 2.05) is 11.4 Å². The smallest absolute Gasteiger partial charge is 0.408 e. The van der Waals surface area contributed by atoms with E-state index in [0.29, 0.717) is 0 Å². The van der Waals surface area contributed by atoms with Gasteiger partial charge < -0.3 is 21.0 Å². The van der Waals surface area contributed by atoms with Crippen molar-refractivity contribution < 1.29 is 14.7 Å². The second kappa shape index (κ2) is 5.72. The zero-order valence-corrected chi connectivity index (χ0v) is 11.3. The predicted octanol–water partition coefficient (Wildman–Crippen LogP) is 2.06. The number of carbonyl (C=O) groups is 1. The molecule has 18 heavy (non-hydrogen) atoms. The summed E-state index contributed by atoms with van der Waals surface area (Å²) in [6.45, 7) is 5.28. The molecule has 1 aromatic heterocycles. The lowest BCUT2D eigenvalue weighted by atomic mass is 10.2. The molecule has 100 valence electrons. The van der Waals surface area contributed by atoms with Crippen molar-refractivity contribution in [3.8, 4) is 0 Å². The number of thiophene rings is 1. The molecule has 1 amide bonds. The number of hydrogen-bond donors (Lipinski definition) is 3. The monoisotopic (exact) mass is 271 g/mol. The van der Waals surface area contributed by atoms with Crippen LogP contribution in [0.3, 0.4) is 0 Å². The van der Waals surface area contributed by atoms with E-state index < -0.39 is 17.7 Å². The molecule has 1 heterocycles. The molecule has 0 bridgehead atoms. The third kappa shape index (κ3) is 4.25. The number of carbonyl (C=O) groups excluding carboxylic acids is 1. The lowest BCUT2D eigenvalue weighted by Gasteiger charge is -2.22. The summed E-state index contributed by atoms with van der Waals surface area (Å²) in [4.78, 5) is 12.4. The van der Waals surface area contributed by atoms with Crippen LogP contribution >= 0.6 is 11.3 Å². The molecule has 0 saturated carbocycles. The van der Waals surface area contributed by atoms with Crippen LogP contribution in [-0.4, -0.2) is 22.7 Å². The summed E-state index contributed by atoms with van der Waals surface area (Å²) in [5, 5.41) is 16.0. The molecule has 4 N–H and O–H groups in total. The lowest BCUT2D eigenvalue weighted by Crippen LogP contribution is -2.40. The number of nitrogens with zero attached hydrogens (tertiary/aromatic N) is 1. The Balaban J connectivity index is 2.78. The zero-order chi connectivity index (χ0) is 13.8. The number of nitrogens with one attached hydrogen (secondary N) is 1. The molecule has 1 aromatic rings. The van der Waals surface area contributed by atoms with Crippen LogP contribution in [0.15, 0.2) is 22.7 Å². The third-order valence-electron chi connectivity index (χ3n) is 1.90. The quantitative estimate of drug-likeness (QED) is 0.339. The molecule has 0 aliphatic heterocycles. The topological polar surface area (TPSA) is 96.9 Å². The van der Waals surface area contributed by atoms with E-state index in [1.165, 1.54) is 11.3 Å². The van der Waals surface area contributed by atoms with Crippen molar-refractivity contribution in [2.24, 2.45) is 10.9 Å². The van der Waals surface area contributed by atoms with E-state index in [0.717, 1.165) is 4.88 Å². The molecule has 0 unspecified atom stereocenters. The zero-order valence-electron chi connectivity index (χ0n) is 10.5. The number of amides is 1. The van der Waals surface area contributed by atoms with E-state index in [9.17, 15) is 4.79 Å². The van der Waals surface area contributed by atoms with Gasteiger partial charge in [-0.2, -0.15) is 0 Å². The lowest BCUT2D eigenvalue weighted by molar-refractivity contribution is 0.0517. The Morgan fingerprint density at radius 1 is 1.61 bits per heavy atom. The molecule has 0 aromatic carbocycles. The average molecular weight is 271 g/mol. The first kappa shape index (κ1) is 14.3. The second-order valence-corrected chi connectivity index (χ2v) is 5.60. The fourth-order valence-corrected chi connectivity index (χ4v) is 2.02. The van der Waals surface area contributed by atoms with Crippen LogP contribution < -0.4 is 11.1 Å². The van der Waals surface area contributed by atoms with Crippen LogP contribution in [0, 0.1) is 0 Å². The molecule has 0 aliphatic carbocycles. The largest absolute Gasteiger partial charge is 0.444 e. The Morgan fingerprint density at radius 2 is 2.28 bits per heavy atom. The molecule has 1 atom stereocenters. The van der Waals surface area contributed by atoms with Gasteiger partial charge >= 0.3 is 6.09 Å². The average Bonchev–Trinajstić information content (AvgIpc) is 2.75. The Morgan fingerprint density at radius 3 is 2.72 bits per heavy atom. The summed E-state index contributed by atoms with van der Waals surface area (Å²) < 4.78 is 5.12. The van der Waals surface area contributed by atoms with E-state index >= 15 is 0 Å². The number of oxime groups is 1. The highest BCUT2D eigenvalue weighted by molar-refractivity contribution is 7.10. The summed E-state index contributed by atoms with van der Waals surface area (Å²) in [6.07, 6.45) is -0.618. The molecule has 0 spiro atoms. The fourth-order valence-electron chi connectivity index (χ4n) is 1.23. The van der Waals surface area contributed by atoms with Crippen molar-refractivity contribution >= 4 is 23.3 Å². The van der Waals surface area contributed by atoms with Gasteiger partial charge in [0, 0.05) is 4.88 Å². The van der Waals surface area contributed by atoms with Crippen LogP contribution in [0.4, 0.5) is 4.79 Å². The van der Waals surface area contributed by atoms with E-state index in [4.69, 9.17) is 15.7 Å². The van der Waals surface area contributed by atoms with Crippen molar-refractivity contribution in [1.29, 1.82) is 0 Å². The van der Waals surface area contributed by atoms with E-state index in [1.54, 1.807) is 26.8 Å². The van der Waals surface area contributed by atoms with Gasteiger partial charge in [0.1, 0.15) is 11.6 Å². The first-order valence-corrected chi connectivity index (χ1v) is 6.22. The first-order chi connectivity index (χ1) is 8.33. The highest BCUT2D eigenvalue weighted by Gasteiger charge is 2.23. The Kier molecular flexibility index (Phi) is 4.55. The van der Waals surface area contributed by atoms with Gasteiger partial charge in [0.2, 0.25) is 0 Å². The summed E-state index contributed by atoms with van der Waals surface area (Å²) in [5.74, 6) is -0.0942. The molecule has 7 heteroatoms. The third-order valence-corrected chi connectivity index (χ3v) is 2.84. The number of ether oxygens (including phenoxy) is 1. The minimum absolute atomic E-state index is 0.0942. The van der Waals surface area contributed by atoms with Crippen molar-refractivity contribution in [3.05, 3.63) is 22.4 Å². The molecule has 6 nitrogen and oxygen atoms in total. The Bertz CT molecular complexity index is 423. The van der Waals surface area contributed by atoms with Crippen LogP contribution in [0.1, 0.15) is 31.7 Å². The summed E-state index contributed by atoms with van der Waals surface area (Å²) >= 11 is 1.39. The minimum Gasteiger partial charge on any atom is -0.444 e. The van der Waals surface area contributed by atoms with E-state index in [-0.39, 0.29) is 5.84 Å². The molecule has 0 radical (unpaired) electrons. The number of rotatable bonds is 3. The van der Waals surface area contributed by atoms with Gasteiger partial charge in [0.25, 0.3) is 0 Å². The van der Waals surface area contributed by atoms with Crippen molar-refractivity contribution in [3.63, 3.8) is 0 Å². The van der Waals surface area contributed by atoms with Crippen LogP contribution in [0.5, 0.6) is 0 Å². The predicted molar refractivity (Wildman–Crippen MR) is 69.8 cm³/mol. The van der Waals surface area contributed by atoms with Gasteiger partial charge in [-0.05, 0) is 32.2 Å². The summed E-state index contributed by atoms with van der Waals surface area (Å²) in [5.41, 5.74) is 4.95. The normalized spacial score (nSPS) is 14.1. The molecule has 1 rings (SSSR count). The number of alkyl carbamates (subject to hydrolysis) is 1. The first-order valence-electron chi connectivity index (χ1n) is 5.34. The van der Waals surface area contributed by atoms with Gasteiger partial charge in [-0.3, -0.25) is 0 Å². The van der Waals surface area contributed by atoms with Gasteiger partial charge in [-0.25, -0.2) is 4.79 Å². The van der Waals surface area contributed by atoms with Gasteiger partial charge in [0.15, 0.2) is 5.84 Å². The van der Waals surface area contributed by atoms with Crippen molar-refractivity contribution in [2.45, 2.75) is 32.4 Å². The van der Waals surface area contributed by atoms with Gasteiger partial charge in [-0.15, -0.1) is 11.3 Å². The van der Waals surface area contributed by atoms with Crippen LogP contribution in [0.25, 0.3) is 0 Å². The van der Waals surface area contributed by atoms with Crippen LogP contribution in [-0.2, 0) is 4.74 Å². The maximum atomic E-state index is 11.7. The minimum atomic E-state index is -0.690. The maximum absolute atomic E-state index is 11.7. The number of amidine groups is 1. The fraction of sp³-hybridized carbons (Fsp3) is 0.455. The van der Waals surface area contributed by atoms with Crippen molar-refractivity contribution in [2.75, 3.05) is 0 Å². The summed E-state index contributed by atoms with van der Waals surface area (Å²) in [7, 11) is 0. The highest BCUT2D eigenvalue weighted by Crippen LogP contribution is 2.20. The second-order valence-electron chi connectivity index (χ2n) is 4.62. The number of nitrogens with two attached hydrogens (primary N) is 1. The Hall–Kier alpha value is -1.76. The standard InChI is InChI=1S/C11H17N3O3S/c1-11(2,3)17-10(15)13-8(9(12)14-16)7-5-4-6-18-7/h4-6,8,16H,1-3H3,(H2,12,14)(H,13,15)/t8-/m1/s1. The highest BCUT2D eigenvalue weighted by atomic mass is 32.1. The molecular formula is C11H17N3O3S. The number of hydrogen-bond acceptors (Lipinski definition) is 5. The molecule has 0 aliphatic rings.